The Morgan fingerprint density at radius 1 is 1.50 bits per heavy atom. The molecule has 2 atom stereocenters. The molecule has 0 aromatic carbocycles. The molecule has 0 radical (unpaired) electrons. The summed E-state index contributed by atoms with van der Waals surface area (Å²) in [6.07, 6.45) is 3.86. The molecule has 4 heteroatoms. The Hall–Kier alpha value is -0.610. The smallest absolute Gasteiger partial charge is 0.225 e. The van der Waals surface area contributed by atoms with Gasteiger partial charge in [0.1, 0.15) is 0 Å². The van der Waals surface area contributed by atoms with Gasteiger partial charge in [-0.1, -0.05) is 6.42 Å². The Morgan fingerprint density at radius 3 is 2.81 bits per heavy atom. The average molecular weight is 228 g/mol. The second-order valence-electron chi connectivity index (χ2n) is 4.53. The predicted octanol–water partition coefficient (Wildman–Crippen LogP) is 0.592. The number of amides is 1. The van der Waals surface area contributed by atoms with Crippen LogP contribution in [0.4, 0.5) is 0 Å². The Labute approximate surface area is 97.8 Å². The lowest BCUT2D eigenvalue weighted by Crippen LogP contribution is -2.39. The van der Waals surface area contributed by atoms with E-state index in [9.17, 15) is 4.79 Å². The summed E-state index contributed by atoms with van der Waals surface area (Å²) in [6, 6.07) is 0. The standard InChI is InChI=1S/C12H24N2O2/c1-2-14(7-4-8-15)12(16)11-6-3-5-10(11)9-13/h10-11,15H,2-9,13H2,1H3. The highest BCUT2D eigenvalue weighted by molar-refractivity contribution is 5.79. The molecule has 0 aromatic rings. The minimum Gasteiger partial charge on any atom is -0.396 e. The van der Waals surface area contributed by atoms with Gasteiger partial charge >= 0.3 is 0 Å². The fraction of sp³-hybridized carbons (Fsp3) is 0.917. The molecule has 94 valence electrons. The normalized spacial score (nSPS) is 24.7. The van der Waals surface area contributed by atoms with E-state index in [0.29, 0.717) is 25.4 Å². The van der Waals surface area contributed by atoms with Gasteiger partial charge in [-0.25, -0.2) is 0 Å². The number of nitrogens with zero attached hydrogens (tertiary/aromatic N) is 1. The van der Waals surface area contributed by atoms with Gasteiger partial charge in [-0.3, -0.25) is 4.79 Å². The topological polar surface area (TPSA) is 66.6 Å². The highest BCUT2D eigenvalue weighted by Crippen LogP contribution is 2.32. The third kappa shape index (κ3) is 3.19. The Bertz CT molecular complexity index is 221. The van der Waals surface area contributed by atoms with Crippen molar-refractivity contribution < 1.29 is 9.90 Å². The van der Waals surface area contributed by atoms with Gasteiger partial charge in [-0.05, 0) is 38.6 Å². The van der Waals surface area contributed by atoms with Crippen LogP contribution in [0.3, 0.4) is 0 Å². The molecule has 1 amide bonds. The minimum absolute atomic E-state index is 0.128. The Kier molecular flexibility index (Phi) is 5.77. The van der Waals surface area contributed by atoms with Crippen molar-refractivity contribution >= 4 is 5.91 Å². The summed E-state index contributed by atoms with van der Waals surface area (Å²) in [4.78, 5) is 14.1. The second kappa shape index (κ2) is 6.86. The van der Waals surface area contributed by atoms with Crippen molar-refractivity contribution in [1.82, 2.24) is 4.90 Å². The van der Waals surface area contributed by atoms with Crippen molar-refractivity contribution in [2.75, 3.05) is 26.2 Å². The van der Waals surface area contributed by atoms with E-state index in [1.165, 1.54) is 0 Å². The van der Waals surface area contributed by atoms with Crippen molar-refractivity contribution in [3.63, 3.8) is 0 Å². The number of aliphatic hydroxyl groups excluding tert-OH is 1. The van der Waals surface area contributed by atoms with Gasteiger partial charge in [0, 0.05) is 25.6 Å². The quantitative estimate of drug-likeness (QED) is 0.699. The molecule has 3 N–H and O–H groups in total. The molecule has 2 unspecified atom stereocenters. The molecule has 0 saturated heterocycles. The zero-order chi connectivity index (χ0) is 12.0. The lowest BCUT2D eigenvalue weighted by molar-refractivity contribution is -0.136. The molecule has 1 rings (SSSR count). The van der Waals surface area contributed by atoms with Crippen molar-refractivity contribution in [3.8, 4) is 0 Å². The van der Waals surface area contributed by atoms with Crippen LogP contribution >= 0.6 is 0 Å². The van der Waals surface area contributed by atoms with Gasteiger partial charge in [0.25, 0.3) is 0 Å². The maximum atomic E-state index is 12.2. The molecular formula is C12H24N2O2. The zero-order valence-electron chi connectivity index (χ0n) is 10.2. The first-order valence-electron chi connectivity index (χ1n) is 6.34. The number of carbonyl (C=O) groups is 1. The molecule has 0 heterocycles. The van der Waals surface area contributed by atoms with Crippen molar-refractivity contribution in [2.45, 2.75) is 32.6 Å². The van der Waals surface area contributed by atoms with Gasteiger partial charge in [-0.2, -0.15) is 0 Å². The van der Waals surface area contributed by atoms with Gasteiger partial charge in [0.15, 0.2) is 0 Å². The van der Waals surface area contributed by atoms with E-state index in [1.807, 2.05) is 11.8 Å². The van der Waals surface area contributed by atoms with Crippen LogP contribution in [0.1, 0.15) is 32.6 Å². The zero-order valence-corrected chi connectivity index (χ0v) is 10.2. The van der Waals surface area contributed by atoms with E-state index in [1.54, 1.807) is 0 Å². The second-order valence-corrected chi connectivity index (χ2v) is 4.53. The molecule has 1 fully saturated rings. The molecule has 0 aromatic heterocycles. The minimum atomic E-state index is 0.128. The maximum Gasteiger partial charge on any atom is 0.225 e. The van der Waals surface area contributed by atoms with Crippen LogP contribution < -0.4 is 5.73 Å². The molecule has 1 aliphatic carbocycles. The summed E-state index contributed by atoms with van der Waals surface area (Å²) in [5.41, 5.74) is 5.69. The highest BCUT2D eigenvalue weighted by Gasteiger charge is 2.33. The first-order chi connectivity index (χ1) is 7.74. The first-order valence-corrected chi connectivity index (χ1v) is 6.34. The van der Waals surface area contributed by atoms with E-state index in [0.717, 1.165) is 25.8 Å². The van der Waals surface area contributed by atoms with Crippen LogP contribution in [0.15, 0.2) is 0 Å². The predicted molar refractivity (Wildman–Crippen MR) is 63.8 cm³/mol. The Balaban J connectivity index is 2.52. The fourth-order valence-electron chi connectivity index (χ4n) is 2.56. The highest BCUT2D eigenvalue weighted by atomic mass is 16.3. The molecule has 1 saturated carbocycles. The summed E-state index contributed by atoms with van der Waals surface area (Å²) in [5.74, 6) is 0.739. The summed E-state index contributed by atoms with van der Waals surface area (Å²) >= 11 is 0. The molecular weight excluding hydrogens is 204 g/mol. The lowest BCUT2D eigenvalue weighted by Gasteiger charge is -2.26. The molecule has 0 spiro atoms. The molecule has 0 aliphatic heterocycles. The monoisotopic (exact) mass is 228 g/mol. The first kappa shape index (κ1) is 13.5. The number of hydrogen-bond acceptors (Lipinski definition) is 3. The maximum absolute atomic E-state index is 12.2. The fourth-order valence-corrected chi connectivity index (χ4v) is 2.56. The molecule has 16 heavy (non-hydrogen) atoms. The summed E-state index contributed by atoms with van der Waals surface area (Å²) in [7, 11) is 0. The van der Waals surface area contributed by atoms with Gasteiger partial charge < -0.3 is 15.7 Å². The van der Waals surface area contributed by atoms with Crippen LogP contribution in [0, 0.1) is 11.8 Å². The van der Waals surface area contributed by atoms with Crippen molar-refractivity contribution in [3.05, 3.63) is 0 Å². The van der Waals surface area contributed by atoms with Gasteiger partial charge in [0.05, 0.1) is 0 Å². The largest absolute Gasteiger partial charge is 0.396 e. The van der Waals surface area contributed by atoms with E-state index in [2.05, 4.69) is 0 Å². The van der Waals surface area contributed by atoms with Crippen LogP contribution in [0.25, 0.3) is 0 Å². The van der Waals surface area contributed by atoms with Crippen LogP contribution in [-0.2, 0) is 4.79 Å². The van der Waals surface area contributed by atoms with Crippen molar-refractivity contribution in [1.29, 1.82) is 0 Å². The molecule has 4 nitrogen and oxygen atoms in total. The average Bonchev–Trinajstić information content (AvgIpc) is 2.77. The summed E-state index contributed by atoms with van der Waals surface area (Å²) in [6.45, 7) is 4.15. The third-order valence-corrected chi connectivity index (χ3v) is 3.56. The van der Waals surface area contributed by atoms with E-state index in [-0.39, 0.29) is 18.4 Å². The number of rotatable bonds is 6. The summed E-state index contributed by atoms with van der Waals surface area (Å²) in [5, 5.41) is 8.80. The van der Waals surface area contributed by atoms with E-state index in [4.69, 9.17) is 10.8 Å². The van der Waals surface area contributed by atoms with Crippen molar-refractivity contribution in [2.24, 2.45) is 17.6 Å². The van der Waals surface area contributed by atoms with E-state index < -0.39 is 0 Å². The molecule has 1 aliphatic rings. The number of hydrogen-bond donors (Lipinski definition) is 2. The van der Waals surface area contributed by atoms with Gasteiger partial charge in [-0.15, -0.1) is 0 Å². The van der Waals surface area contributed by atoms with Crippen LogP contribution in [0.5, 0.6) is 0 Å². The molecule has 0 bridgehead atoms. The SMILES string of the molecule is CCN(CCCO)C(=O)C1CCCC1CN. The van der Waals surface area contributed by atoms with Crippen LogP contribution in [-0.4, -0.2) is 42.2 Å². The van der Waals surface area contributed by atoms with Gasteiger partial charge in [0.2, 0.25) is 5.91 Å². The Morgan fingerprint density at radius 2 is 2.25 bits per heavy atom. The third-order valence-electron chi connectivity index (χ3n) is 3.56. The number of carbonyl (C=O) groups excluding carboxylic acids is 1. The summed E-state index contributed by atoms with van der Waals surface area (Å²) < 4.78 is 0. The van der Waals surface area contributed by atoms with Crippen LogP contribution in [0.2, 0.25) is 0 Å². The lowest BCUT2D eigenvalue weighted by atomic mass is 9.94. The number of aliphatic hydroxyl groups is 1. The number of nitrogens with two attached hydrogens (primary N) is 1. The van der Waals surface area contributed by atoms with E-state index >= 15 is 0 Å².